The van der Waals surface area contributed by atoms with Crippen LogP contribution in [0.4, 0.5) is 8.78 Å². The molecule has 17 heavy (non-hydrogen) atoms. The Kier molecular flexibility index (Phi) is 5.85. The second kappa shape index (κ2) is 6.91. The minimum atomic E-state index is -0.947. The van der Waals surface area contributed by atoms with E-state index >= 15 is 0 Å². The normalized spacial score (nSPS) is 10.9. The van der Waals surface area contributed by atoms with Crippen molar-refractivity contribution in [1.29, 1.82) is 0 Å². The van der Waals surface area contributed by atoms with Crippen LogP contribution in [0.15, 0.2) is 16.6 Å². The fraction of sp³-hybridized carbons (Fsp3) is 0.500. The van der Waals surface area contributed by atoms with Crippen LogP contribution < -0.4 is 10.1 Å². The molecule has 1 N–H and O–H groups in total. The molecular formula is C12H16BrF2NO. The lowest BCUT2D eigenvalue weighted by molar-refractivity contribution is 0.290. The van der Waals surface area contributed by atoms with Gasteiger partial charge in [0.2, 0.25) is 5.82 Å². The summed E-state index contributed by atoms with van der Waals surface area (Å²) in [6.45, 7) is 5.97. The number of hydrogen-bond donors (Lipinski definition) is 1. The van der Waals surface area contributed by atoms with Crippen molar-refractivity contribution < 1.29 is 13.5 Å². The van der Waals surface area contributed by atoms with Gasteiger partial charge in [-0.1, -0.05) is 29.8 Å². The Morgan fingerprint density at radius 3 is 2.71 bits per heavy atom. The van der Waals surface area contributed by atoms with Crippen molar-refractivity contribution >= 4 is 15.9 Å². The highest BCUT2D eigenvalue weighted by molar-refractivity contribution is 9.10. The van der Waals surface area contributed by atoms with Crippen LogP contribution in [-0.2, 0) is 0 Å². The van der Waals surface area contributed by atoms with Gasteiger partial charge in [0.05, 0.1) is 0 Å². The van der Waals surface area contributed by atoms with Gasteiger partial charge in [-0.05, 0) is 24.6 Å². The van der Waals surface area contributed by atoms with Gasteiger partial charge in [-0.3, -0.25) is 0 Å². The molecule has 0 amide bonds. The summed E-state index contributed by atoms with van der Waals surface area (Å²) in [5.41, 5.74) is 0. The maximum Gasteiger partial charge on any atom is 0.200 e. The van der Waals surface area contributed by atoms with E-state index in [-0.39, 0.29) is 5.75 Å². The van der Waals surface area contributed by atoms with Crippen molar-refractivity contribution in [3.8, 4) is 5.75 Å². The summed E-state index contributed by atoms with van der Waals surface area (Å²) in [5.74, 6) is -1.38. The molecular weight excluding hydrogens is 292 g/mol. The van der Waals surface area contributed by atoms with Crippen LogP contribution in [0.1, 0.15) is 13.8 Å². The first kappa shape index (κ1) is 14.4. The smallest absolute Gasteiger partial charge is 0.200 e. The molecule has 0 fully saturated rings. The van der Waals surface area contributed by atoms with Crippen LogP contribution in [-0.4, -0.2) is 19.7 Å². The first-order chi connectivity index (χ1) is 8.00. The molecule has 1 aromatic rings. The van der Waals surface area contributed by atoms with Gasteiger partial charge >= 0.3 is 0 Å². The molecule has 0 unspecified atom stereocenters. The lowest BCUT2D eigenvalue weighted by Crippen LogP contribution is -2.25. The van der Waals surface area contributed by atoms with E-state index in [0.29, 0.717) is 23.5 Å². The Morgan fingerprint density at radius 2 is 2.06 bits per heavy atom. The molecule has 0 aliphatic heterocycles. The number of benzene rings is 1. The molecule has 0 spiro atoms. The third-order valence-corrected chi connectivity index (χ3v) is 2.51. The minimum absolute atomic E-state index is 0.0665. The highest BCUT2D eigenvalue weighted by Crippen LogP contribution is 2.25. The lowest BCUT2D eigenvalue weighted by atomic mass is 10.2. The Morgan fingerprint density at radius 1 is 1.35 bits per heavy atom. The Labute approximate surface area is 108 Å². The third kappa shape index (κ3) is 5.00. The zero-order chi connectivity index (χ0) is 12.8. The number of hydrogen-bond acceptors (Lipinski definition) is 2. The van der Waals surface area contributed by atoms with Crippen molar-refractivity contribution in [2.45, 2.75) is 13.8 Å². The zero-order valence-electron chi connectivity index (χ0n) is 9.90. The maximum atomic E-state index is 13.3. The molecule has 96 valence electrons. The number of nitrogens with one attached hydrogen (secondary N) is 1. The third-order valence-electron chi connectivity index (χ3n) is 2.05. The Hall–Kier alpha value is -0.680. The van der Waals surface area contributed by atoms with Crippen molar-refractivity contribution in [3.63, 3.8) is 0 Å². The molecule has 0 bridgehead atoms. The Bertz CT molecular complexity index is 372. The van der Waals surface area contributed by atoms with Gasteiger partial charge in [0.1, 0.15) is 6.61 Å². The quantitative estimate of drug-likeness (QED) is 0.643. The van der Waals surface area contributed by atoms with E-state index in [9.17, 15) is 8.78 Å². The fourth-order valence-corrected chi connectivity index (χ4v) is 1.67. The standard InChI is InChI=1S/C12H16BrF2NO/c1-8(2)7-16-3-4-17-11-6-9(13)5-10(14)12(11)15/h5-6,8,16H,3-4,7H2,1-2H3. The van der Waals surface area contributed by atoms with Crippen LogP contribution in [0.5, 0.6) is 5.75 Å². The monoisotopic (exact) mass is 307 g/mol. The number of halogens is 3. The average Bonchev–Trinajstić information content (AvgIpc) is 2.23. The molecule has 0 saturated carbocycles. The highest BCUT2D eigenvalue weighted by atomic mass is 79.9. The summed E-state index contributed by atoms with van der Waals surface area (Å²) in [7, 11) is 0. The second-order valence-corrected chi connectivity index (χ2v) is 5.06. The largest absolute Gasteiger partial charge is 0.489 e. The fourth-order valence-electron chi connectivity index (χ4n) is 1.26. The van der Waals surface area contributed by atoms with E-state index in [4.69, 9.17) is 4.74 Å². The molecule has 0 aliphatic rings. The van der Waals surface area contributed by atoms with Crippen molar-refractivity contribution in [2.75, 3.05) is 19.7 Å². The van der Waals surface area contributed by atoms with Gasteiger partial charge in [-0.25, -0.2) is 4.39 Å². The van der Waals surface area contributed by atoms with Gasteiger partial charge in [-0.2, -0.15) is 4.39 Å². The number of rotatable bonds is 6. The first-order valence-electron chi connectivity index (χ1n) is 5.48. The van der Waals surface area contributed by atoms with Gasteiger partial charge in [0.25, 0.3) is 0 Å². The lowest BCUT2D eigenvalue weighted by Gasteiger charge is -2.10. The Balaban J connectivity index is 2.41. The zero-order valence-corrected chi connectivity index (χ0v) is 11.5. The van der Waals surface area contributed by atoms with Gasteiger partial charge in [-0.15, -0.1) is 0 Å². The molecule has 0 saturated heterocycles. The maximum absolute atomic E-state index is 13.3. The molecule has 0 aromatic heterocycles. The molecule has 5 heteroatoms. The van der Waals surface area contributed by atoms with Gasteiger partial charge in [0.15, 0.2) is 11.6 Å². The van der Waals surface area contributed by atoms with Crippen LogP contribution >= 0.6 is 15.9 Å². The van der Waals surface area contributed by atoms with E-state index in [1.165, 1.54) is 6.07 Å². The summed E-state index contributed by atoms with van der Waals surface area (Å²) in [6, 6.07) is 2.49. The van der Waals surface area contributed by atoms with Crippen LogP contribution in [0.2, 0.25) is 0 Å². The van der Waals surface area contributed by atoms with Crippen LogP contribution in [0.3, 0.4) is 0 Å². The van der Waals surface area contributed by atoms with Gasteiger partial charge in [0, 0.05) is 11.0 Å². The average molecular weight is 308 g/mol. The molecule has 0 radical (unpaired) electrons. The van der Waals surface area contributed by atoms with E-state index in [1.807, 2.05) is 0 Å². The molecule has 0 atom stereocenters. The van der Waals surface area contributed by atoms with E-state index < -0.39 is 11.6 Å². The summed E-state index contributed by atoms with van der Waals surface area (Å²) in [4.78, 5) is 0. The van der Waals surface area contributed by atoms with Crippen LogP contribution in [0, 0.1) is 17.6 Å². The highest BCUT2D eigenvalue weighted by Gasteiger charge is 2.10. The van der Waals surface area contributed by atoms with Crippen molar-refractivity contribution in [3.05, 3.63) is 28.2 Å². The molecule has 0 heterocycles. The van der Waals surface area contributed by atoms with Crippen molar-refractivity contribution in [1.82, 2.24) is 5.32 Å². The summed E-state index contributed by atoms with van der Waals surface area (Å²) in [6.07, 6.45) is 0. The topological polar surface area (TPSA) is 21.3 Å². The molecule has 1 rings (SSSR count). The van der Waals surface area contributed by atoms with Gasteiger partial charge < -0.3 is 10.1 Å². The van der Waals surface area contributed by atoms with E-state index in [2.05, 4.69) is 35.1 Å². The first-order valence-corrected chi connectivity index (χ1v) is 6.28. The van der Waals surface area contributed by atoms with Crippen molar-refractivity contribution in [2.24, 2.45) is 5.92 Å². The SMILES string of the molecule is CC(C)CNCCOc1cc(Br)cc(F)c1F. The van der Waals surface area contributed by atoms with Crippen LogP contribution in [0.25, 0.3) is 0 Å². The summed E-state index contributed by atoms with van der Waals surface area (Å²) < 4.78 is 31.9. The molecule has 2 nitrogen and oxygen atoms in total. The molecule has 1 aromatic carbocycles. The minimum Gasteiger partial charge on any atom is -0.489 e. The summed E-state index contributed by atoms with van der Waals surface area (Å²) >= 11 is 3.09. The summed E-state index contributed by atoms with van der Waals surface area (Å²) in [5, 5.41) is 3.15. The number of ether oxygens (including phenoxy) is 1. The predicted molar refractivity (Wildman–Crippen MR) is 67.3 cm³/mol. The van der Waals surface area contributed by atoms with E-state index in [1.54, 1.807) is 0 Å². The predicted octanol–water partition coefficient (Wildman–Crippen LogP) is 3.35. The molecule has 0 aliphatic carbocycles. The van der Waals surface area contributed by atoms with E-state index in [0.717, 1.165) is 12.6 Å². The second-order valence-electron chi connectivity index (χ2n) is 4.15.